The lowest BCUT2D eigenvalue weighted by atomic mass is 9.82. The first kappa shape index (κ1) is 14.6. The van der Waals surface area contributed by atoms with Gasteiger partial charge in [0.1, 0.15) is 0 Å². The molecule has 6 nitrogen and oxygen atoms in total. The van der Waals surface area contributed by atoms with Crippen molar-refractivity contribution in [2.75, 3.05) is 20.6 Å². The van der Waals surface area contributed by atoms with Crippen LogP contribution in [-0.2, 0) is 14.4 Å². The van der Waals surface area contributed by atoms with Crippen LogP contribution in [0.2, 0.25) is 0 Å². The number of nitrogens with one attached hydrogen (secondary N) is 1. The largest absolute Gasteiger partial charge is 0.481 e. The molecule has 0 aromatic heterocycles. The molecule has 2 rings (SSSR count). The molecule has 6 heteroatoms. The maximum absolute atomic E-state index is 12.4. The van der Waals surface area contributed by atoms with Gasteiger partial charge in [0.2, 0.25) is 11.8 Å². The number of amides is 2. The predicted molar refractivity (Wildman–Crippen MR) is 71.7 cm³/mol. The zero-order chi connectivity index (χ0) is 14.9. The van der Waals surface area contributed by atoms with Crippen molar-refractivity contribution in [1.29, 1.82) is 0 Å². The molecule has 4 atom stereocenters. The summed E-state index contributed by atoms with van der Waals surface area (Å²) in [5.41, 5.74) is 0. The van der Waals surface area contributed by atoms with E-state index in [1.54, 1.807) is 14.1 Å². The number of carbonyl (C=O) groups is 3. The first-order valence-electron chi connectivity index (χ1n) is 6.82. The van der Waals surface area contributed by atoms with Crippen LogP contribution in [0.5, 0.6) is 0 Å². The average molecular weight is 280 g/mol. The zero-order valence-corrected chi connectivity index (χ0v) is 11.7. The third kappa shape index (κ3) is 2.55. The molecular weight excluding hydrogens is 260 g/mol. The maximum atomic E-state index is 12.4. The summed E-state index contributed by atoms with van der Waals surface area (Å²) >= 11 is 0. The zero-order valence-electron chi connectivity index (χ0n) is 11.7. The van der Waals surface area contributed by atoms with Crippen LogP contribution in [0.25, 0.3) is 0 Å². The van der Waals surface area contributed by atoms with Gasteiger partial charge in [-0.3, -0.25) is 14.4 Å². The van der Waals surface area contributed by atoms with Gasteiger partial charge in [-0.15, -0.1) is 0 Å². The smallest absolute Gasteiger partial charge is 0.307 e. The number of nitrogens with zero attached hydrogens (tertiary/aromatic N) is 1. The van der Waals surface area contributed by atoms with E-state index in [0.29, 0.717) is 6.54 Å². The second kappa shape index (κ2) is 5.64. The van der Waals surface area contributed by atoms with Crippen molar-refractivity contribution in [3.05, 3.63) is 12.2 Å². The summed E-state index contributed by atoms with van der Waals surface area (Å²) in [5.74, 6) is -2.32. The van der Waals surface area contributed by atoms with Gasteiger partial charge >= 0.3 is 5.97 Å². The monoisotopic (exact) mass is 280 g/mol. The topological polar surface area (TPSA) is 86.7 Å². The highest BCUT2D eigenvalue weighted by atomic mass is 16.4. The highest BCUT2D eigenvalue weighted by Gasteiger charge is 2.52. The maximum Gasteiger partial charge on any atom is 0.307 e. The van der Waals surface area contributed by atoms with Gasteiger partial charge < -0.3 is 15.3 Å². The van der Waals surface area contributed by atoms with Gasteiger partial charge in [-0.1, -0.05) is 12.2 Å². The van der Waals surface area contributed by atoms with Crippen molar-refractivity contribution in [3.8, 4) is 0 Å². The molecule has 110 valence electrons. The van der Waals surface area contributed by atoms with Crippen LogP contribution in [0.3, 0.4) is 0 Å². The van der Waals surface area contributed by atoms with Crippen molar-refractivity contribution in [2.24, 2.45) is 23.7 Å². The minimum absolute atomic E-state index is 0.0241. The van der Waals surface area contributed by atoms with Crippen molar-refractivity contribution >= 4 is 17.8 Å². The summed E-state index contributed by atoms with van der Waals surface area (Å²) in [6.07, 6.45) is 4.85. The number of fused-ring (bicyclic) bond motifs is 2. The Balaban J connectivity index is 2.02. The van der Waals surface area contributed by atoms with E-state index < -0.39 is 17.8 Å². The fraction of sp³-hybridized carbons (Fsp3) is 0.643. The van der Waals surface area contributed by atoms with Gasteiger partial charge in [-0.2, -0.15) is 0 Å². The van der Waals surface area contributed by atoms with Gasteiger partial charge in [0.25, 0.3) is 0 Å². The minimum atomic E-state index is -0.903. The molecule has 0 radical (unpaired) electrons. The Kier molecular flexibility index (Phi) is 4.11. The van der Waals surface area contributed by atoms with Crippen LogP contribution in [0.4, 0.5) is 0 Å². The Morgan fingerprint density at radius 1 is 1.25 bits per heavy atom. The molecule has 0 aliphatic heterocycles. The summed E-state index contributed by atoms with van der Waals surface area (Å²) < 4.78 is 0. The number of allylic oxidation sites excluding steroid dienone is 2. The van der Waals surface area contributed by atoms with Crippen molar-refractivity contribution in [3.63, 3.8) is 0 Å². The highest BCUT2D eigenvalue weighted by Crippen LogP contribution is 2.48. The van der Waals surface area contributed by atoms with E-state index in [2.05, 4.69) is 5.32 Å². The number of aliphatic carboxylic acids is 1. The normalized spacial score (nSPS) is 30.3. The molecule has 0 aromatic carbocycles. The van der Waals surface area contributed by atoms with Gasteiger partial charge in [-0.05, 0) is 18.3 Å². The predicted octanol–water partition coefficient (Wildman–Crippen LogP) is 0.104. The fourth-order valence-electron chi connectivity index (χ4n) is 3.25. The number of rotatable bonds is 5. The van der Waals surface area contributed by atoms with E-state index in [1.165, 1.54) is 4.90 Å². The lowest BCUT2D eigenvalue weighted by Gasteiger charge is -2.28. The van der Waals surface area contributed by atoms with Crippen molar-refractivity contribution in [2.45, 2.75) is 12.8 Å². The molecule has 0 spiro atoms. The molecule has 2 bridgehead atoms. The molecule has 2 aliphatic carbocycles. The Morgan fingerprint density at radius 3 is 2.40 bits per heavy atom. The molecule has 20 heavy (non-hydrogen) atoms. The molecule has 0 heterocycles. The lowest BCUT2D eigenvalue weighted by Crippen LogP contribution is -2.42. The number of hydrogen-bond donors (Lipinski definition) is 2. The summed E-state index contributed by atoms with van der Waals surface area (Å²) in [6.45, 7) is 0.308. The van der Waals surface area contributed by atoms with Crippen molar-refractivity contribution in [1.82, 2.24) is 10.2 Å². The molecule has 1 fully saturated rings. The third-order valence-electron chi connectivity index (χ3n) is 4.36. The summed E-state index contributed by atoms with van der Waals surface area (Å²) in [5, 5.41) is 11.8. The molecule has 0 aromatic rings. The van der Waals surface area contributed by atoms with Crippen LogP contribution in [0.1, 0.15) is 12.8 Å². The minimum Gasteiger partial charge on any atom is -0.481 e. The average Bonchev–Trinajstić information content (AvgIpc) is 3.03. The van der Waals surface area contributed by atoms with E-state index in [9.17, 15) is 19.5 Å². The van der Waals surface area contributed by atoms with Gasteiger partial charge in [0.05, 0.1) is 11.8 Å². The fourth-order valence-corrected chi connectivity index (χ4v) is 3.25. The van der Waals surface area contributed by atoms with Crippen LogP contribution in [0.15, 0.2) is 12.2 Å². The molecule has 2 amide bonds. The molecule has 2 N–H and O–H groups in total. The lowest BCUT2D eigenvalue weighted by molar-refractivity contribution is -0.150. The molecular formula is C14H20N2O4. The Bertz CT molecular complexity index is 460. The number of carboxylic acid groups (broad SMARTS) is 1. The van der Waals surface area contributed by atoms with Gasteiger partial charge in [0.15, 0.2) is 0 Å². The van der Waals surface area contributed by atoms with Crippen molar-refractivity contribution < 1.29 is 19.5 Å². The quantitative estimate of drug-likeness (QED) is 0.699. The SMILES string of the molecule is CNC(=O)CCN(C)C(=O)C1C2C=CC(C2)C1C(=O)O. The highest BCUT2D eigenvalue weighted by molar-refractivity contribution is 5.87. The number of hydrogen-bond acceptors (Lipinski definition) is 3. The first-order chi connectivity index (χ1) is 9.45. The second-order valence-corrected chi connectivity index (χ2v) is 5.52. The Hall–Kier alpha value is -1.85. The molecule has 0 saturated heterocycles. The van der Waals surface area contributed by atoms with Crippen LogP contribution in [-0.4, -0.2) is 48.4 Å². The van der Waals surface area contributed by atoms with Crippen LogP contribution >= 0.6 is 0 Å². The van der Waals surface area contributed by atoms with Crippen LogP contribution < -0.4 is 5.32 Å². The first-order valence-corrected chi connectivity index (χ1v) is 6.82. The Labute approximate surface area is 117 Å². The van der Waals surface area contributed by atoms with E-state index in [1.807, 2.05) is 12.2 Å². The number of carbonyl (C=O) groups excluding carboxylic acids is 2. The van der Waals surface area contributed by atoms with E-state index in [-0.39, 0.29) is 30.1 Å². The molecule has 2 aliphatic rings. The van der Waals surface area contributed by atoms with Gasteiger partial charge in [-0.25, -0.2) is 0 Å². The van der Waals surface area contributed by atoms with E-state index in [0.717, 1.165) is 6.42 Å². The van der Waals surface area contributed by atoms with E-state index in [4.69, 9.17) is 0 Å². The molecule has 4 unspecified atom stereocenters. The Morgan fingerprint density at radius 2 is 1.85 bits per heavy atom. The number of carboxylic acids is 1. The van der Waals surface area contributed by atoms with E-state index >= 15 is 0 Å². The summed E-state index contributed by atoms with van der Waals surface area (Å²) in [7, 11) is 3.17. The van der Waals surface area contributed by atoms with Crippen LogP contribution in [0, 0.1) is 23.7 Å². The summed E-state index contributed by atoms with van der Waals surface area (Å²) in [6, 6.07) is 0. The third-order valence-corrected chi connectivity index (χ3v) is 4.36. The standard InChI is InChI=1S/C14H20N2O4/c1-15-10(17)5-6-16(2)13(18)11-8-3-4-9(7-8)12(11)14(19)20/h3-4,8-9,11-12H,5-7H2,1-2H3,(H,15,17)(H,19,20). The molecule has 1 saturated carbocycles. The van der Waals surface area contributed by atoms with Gasteiger partial charge in [0, 0.05) is 27.1 Å². The summed E-state index contributed by atoms with van der Waals surface area (Å²) in [4.78, 5) is 36.5. The second-order valence-electron chi connectivity index (χ2n) is 5.52.